The maximum atomic E-state index is 12.5. The van der Waals surface area contributed by atoms with Crippen molar-refractivity contribution in [3.05, 3.63) is 33.9 Å². The summed E-state index contributed by atoms with van der Waals surface area (Å²) in [4.78, 5) is 18.7. The topological polar surface area (TPSA) is 47.0 Å². The molecule has 4 aliphatic rings. The second kappa shape index (κ2) is 8.57. The Morgan fingerprint density at radius 2 is 2.07 bits per heavy atom. The molecule has 0 aromatic carbocycles. The lowest BCUT2D eigenvalue weighted by Gasteiger charge is -2.41. The summed E-state index contributed by atoms with van der Waals surface area (Å²) in [5.41, 5.74) is 3.73. The Hall–Kier alpha value is -0.890. The van der Waals surface area contributed by atoms with Crippen LogP contribution in [0.2, 0.25) is 0 Å². The summed E-state index contributed by atoms with van der Waals surface area (Å²) in [5, 5.41) is 10.2. The number of allylic oxidation sites excluding steroid dienone is 2. The van der Waals surface area contributed by atoms with Crippen molar-refractivity contribution in [2.45, 2.75) is 57.4 Å². The van der Waals surface area contributed by atoms with Crippen LogP contribution in [0.3, 0.4) is 0 Å². The van der Waals surface area contributed by atoms with Gasteiger partial charge in [0.05, 0.1) is 11.2 Å². The molecular weight excluding hydrogens is 414 g/mol. The molecule has 5 nitrogen and oxygen atoms in total. The third-order valence-electron chi connectivity index (χ3n) is 7.07. The molecule has 4 rings (SSSR count). The van der Waals surface area contributed by atoms with Crippen LogP contribution in [0.15, 0.2) is 33.9 Å². The molecule has 1 saturated heterocycles. The molecule has 1 N–H and O–H groups in total. The molecule has 3 heterocycles. The highest BCUT2D eigenvalue weighted by molar-refractivity contribution is 8.04. The zero-order valence-corrected chi connectivity index (χ0v) is 20.3. The van der Waals surface area contributed by atoms with Crippen LogP contribution in [-0.4, -0.2) is 70.3 Å². The number of likely N-dealkylation sites (tertiary alicyclic amines) is 1. The molecule has 7 heteroatoms. The van der Waals surface area contributed by atoms with E-state index in [-0.39, 0.29) is 16.8 Å². The minimum atomic E-state index is -0.681. The van der Waals surface area contributed by atoms with Crippen LogP contribution < -0.4 is 0 Å². The van der Waals surface area contributed by atoms with Gasteiger partial charge in [0.25, 0.3) is 0 Å². The fourth-order valence-electron chi connectivity index (χ4n) is 5.49. The highest BCUT2D eigenvalue weighted by Crippen LogP contribution is 2.55. The van der Waals surface area contributed by atoms with Gasteiger partial charge in [0.2, 0.25) is 0 Å². The Kier molecular flexibility index (Phi) is 6.37. The highest BCUT2D eigenvalue weighted by atomic mass is 32.2. The van der Waals surface area contributed by atoms with E-state index >= 15 is 0 Å². The third kappa shape index (κ3) is 4.23. The summed E-state index contributed by atoms with van der Waals surface area (Å²) in [6.07, 6.45) is 10.3. The van der Waals surface area contributed by atoms with E-state index in [4.69, 9.17) is 0 Å². The molecule has 1 aliphatic carbocycles. The Bertz CT molecular complexity index is 796. The maximum Gasteiger partial charge on any atom is 0.312 e. The Morgan fingerprint density at radius 1 is 1.37 bits per heavy atom. The first-order chi connectivity index (χ1) is 14.2. The van der Waals surface area contributed by atoms with E-state index in [0.29, 0.717) is 6.54 Å². The van der Waals surface area contributed by atoms with Gasteiger partial charge in [0, 0.05) is 32.4 Å². The number of carbonyl (C=O) groups is 1. The van der Waals surface area contributed by atoms with E-state index < -0.39 is 11.9 Å². The van der Waals surface area contributed by atoms with E-state index in [1.165, 1.54) is 34.6 Å². The van der Waals surface area contributed by atoms with Crippen LogP contribution in [-0.2, 0) is 4.79 Å². The lowest BCUT2D eigenvalue weighted by molar-refractivity contribution is -0.140. The monoisotopic (exact) mass is 449 g/mol. The van der Waals surface area contributed by atoms with Crippen LogP contribution in [0.25, 0.3) is 0 Å². The summed E-state index contributed by atoms with van der Waals surface area (Å²) in [7, 11) is 4.12. The van der Waals surface area contributed by atoms with Crippen molar-refractivity contribution in [1.29, 1.82) is 0 Å². The number of thiol groups is 1. The van der Waals surface area contributed by atoms with Crippen molar-refractivity contribution in [3.63, 3.8) is 0 Å². The van der Waals surface area contributed by atoms with Crippen molar-refractivity contribution < 1.29 is 9.90 Å². The zero-order chi connectivity index (χ0) is 21.6. The van der Waals surface area contributed by atoms with Crippen LogP contribution >= 0.6 is 24.6 Å². The van der Waals surface area contributed by atoms with Gasteiger partial charge in [-0.2, -0.15) is 0 Å². The second-order valence-electron chi connectivity index (χ2n) is 9.99. The summed E-state index contributed by atoms with van der Waals surface area (Å²) < 4.78 is 1.90. The summed E-state index contributed by atoms with van der Waals surface area (Å²) in [6.45, 7) is 7.48. The molecule has 3 unspecified atom stereocenters. The van der Waals surface area contributed by atoms with Gasteiger partial charge in [-0.25, -0.2) is 0 Å². The molecule has 30 heavy (non-hydrogen) atoms. The highest BCUT2D eigenvalue weighted by Gasteiger charge is 2.46. The molecule has 0 aromatic heterocycles. The number of nitrogens with zero attached hydrogens (tertiary/aromatic N) is 3. The molecule has 0 amide bonds. The SMILES string of the molecule is CN(S)CC1=C(C2SC3=C(CC(C)(C)CC3)C2C(=O)O)C=CC(N2CCCC2)N1C. The minimum absolute atomic E-state index is 0.0529. The number of hydrogen-bond acceptors (Lipinski definition) is 6. The van der Waals surface area contributed by atoms with E-state index in [0.717, 1.165) is 32.4 Å². The first kappa shape index (κ1) is 22.3. The van der Waals surface area contributed by atoms with Crippen LogP contribution in [0.4, 0.5) is 0 Å². The van der Waals surface area contributed by atoms with Gasteiger partial charge in [-0.3, -0.25) is 14.0 Å². The Labute approximate surface area is 190 Å². The standard InChI is InChI=1S/C23H35N3O2S2/c1-23(2)10-9-18-16(13-23)20(22(27)28)21(30-18)15-7-8-19(26-11-5-6-12-26)25(4)17(15)14-24(3)29/h7-8,19-21,29H,5-6,9-14H2,1-4H3,(H,27,28). The van der Waals surface area contributed by atoms with Gasteiger partial charge in [0.15, 0.2) is 0 Å². The minimum Gasteiger partial charge on any atom is -0.481 e. The van der Waals surface area contributed by atoms with Crippen LogP contribution in [0, 0.1) is 11.3 Å². The van der Waals surface area contributed by atoms with Gasteiger partial charge in [0.1, 0.15) is 6.17 Å². The van der Waals surface area contributed by atoms with Crippen LogP contribution in [0.5, 0.6) is 0 Å². The molecule has 3 atom stereocenters. The molecule has 0 radical (unpaired) electrons. The van der Waals surface area contributed by atoms with Gasteiger partial charge >= 0.3 is 5.97 Å². The number of rotatable bonds is 5. The first-order valence-electron chi connectivity index (χ1n) is 11.1. The molecule has 166 valence electrons. The van der Waals surface area contributed by atoms with Crippen molar-refractivity contribution >= 4 is 30.5 Å². The summed E-state index contributed by atoms with van der Waals surface area (Å²) in [5.74, 6) is -1.11. The molecule has 0 spiro atoms. The lowest BCUT2D eigenvalue weighted by Crippen LogP contribution is -2.47. The lowest BCUT2D eigenvalue weighted by atomic mass is 9.73. The van der Waals surface area contributed by atoms with Crippen LogP contribution in [0.1, 0.15) is 46.0 Å². The van der Waals surface area contributed by atoms with Gasteiger partial charge in [-0.15, -0.1) is 11.8 Å². The number of hydrogen-bond donors (Lipinski definition) is 2. The molecular formula is C23H35N3O2S2. The third-order valence-corrected chi connectivity index (χ3v) is 8.75. The number of carboxylic acid groups (broad SMARTS) is 1. The zero-order valence-electron chi connectivity index (χ0n) is 18.6. The maximum absolute atomic E-state index is 12.5. The smallest absolute Gasteiger partial charge is 0.312 e. The van der Waals surface area contributed by atoms with E-state index in [2.05, 4.69) is 55.7 Å². The van der Waals surface area contributed by atoms with E-state index in [9.17, 15) is 9.90 Å². The second-order valence-corrected chi connectivity index (χ2v) is 11.9. The predicted octanol–water partition coefficient (Wildman–Crippen LogP) is 4.22. The Balaban J connectivity index is 1.68. The van der Waals surface area contributed by atoms with Crippen molar-refractivity contribution in [1.82, 2.24) is 14.1 Å². The Morgan fingerprint density at radius 3 is 2.70 bits per heavy atom. The van der Waals surface area contributed by atoms with E-state index in [1.54, 1.807) is 0 Å². The van der Waals surface area contributed by atoms with E-state index in [1.807, 2.05) is 23.1 Å². The number of thioether (sulfide) groups is 1. The van der Waals surface area contributed by atoms with Gasteiger partial charge in [-0.1, -0.05) is 32.7 Å². The predicted molar refractivity (Wildman–Crippen MR) is 127 cm³/mol. The number of likely N-dealkylation sites (N-methyl/N-ethyl adjacent to an activating group) is 2. The fourth-order valence-corrected chi connectivity index (χ4v) is 7.26. The molecule has 0 aromatic rings. The first-order valence-corrected chi connectivity index (χ1v) is 12.4. The van der Waals surface area contributed by atoms with Gasteiger partial charge < -0.3 is 10.0 Å². The molecule has 3 aliphatic heterocycles. The summed E-state index contributed by atoms with van der Waals surface area (Å²) >= 11 is 6.35. The molecule has 0 bridgehead atoms. The number of aliphatic carboxylic acids is 1. The fraction of sp³-hybridized carbons (Fsp3) is 0.696. The van der Waals surface area contributed by atoms with Crippen molar-refractivity contribution in [2.24, 2.45) is 11.3 Å². The summed E-state index contributed by atoms with van der Waals surface area (Å²) in [6, 6.07) is 0. The largest absolute Gasteiger partial charge is 0.481 e. The molecule has 0 saturated carbocycles. The number of carboxylic acids is 1. The van der Waals surface area contributed by atoms with Crippen molar-refractivity contribution in [3.8, 4) is 0 Å². The molecule has 1 fully saturated rings. The normalized spacial score (nSPS) is 31.8. The quantitative estimate of drug-likeness (QED) is 0.613. The average molecular weight is 450 g/mol. The van der Waals surface area contributed by atoms with Crippen molar-refractivity contribution in [2.75, 3.05) is 33.7 Å². The van der Waals surface area contributed by atoms with Gasteiger partial charge in [-0.05, 0) is 66.7 Å². The average Bonchev–Trinajstić information content (AvgIpc) is 3.29.